The number of hydrogen-bond acceptors (Lipinski definition) is 5. The third-order valence-corrected chi connectivity index (χ3v) is 4.14. The zero-order chi connectivity index (χ0) is 13.8. The van der Waals surface area contributed by atoms with E-state index in [0.29, 0.717) is 12.2 Å². The highest BCUT2D eigenvalue weighted by atomic mass is 16.5. The Morgan fingerprint density at radius 2 is 2.25 bits per heavy atom. The fourth-order valence-electron chi connectivity index (χ4n) is 3.00. The number of carbonyl (C=O) groups is 1. The maximum Gasteiger partial charge on any atom is 0.271 e. The molecule has 0 bridgehead atoms. The Balaban J connectivity index is 1.49. The van der Waals surface area contributed by atoms with E-state index in [1.54, 1.807) is 6.20 Å². The molecule has 3 heterocycles. The molecule has 2 fully saturated rings. The summed E-state index contributed by atoms with van der Waals surface area (Å²) >= 11 is 0. The van der Waals surface area contributed by atoms with Crippen molar-refractivity contribution in [3.05, 3.63) is 24.3 Å². The molecular formula is C14H20N4O2. The van der Waals surface area contributed by atoms with Gasteiger partial charge in [-0.3, -0.25) is 9.78 Å². The van der Waals surface area contributed by atoms with Crippen molar-refractivity contribution in [2.24, 2.45) is 0 Å². The van der Waals surface area contributed by atoms with Gasteiger partial charge in [-0.25, -0.2) is 4.98 Å². The maximum atomic E-state index is 11.9. The number of aromatic nitrogens is 2. The van der Waals surface area contributed by atoms with Crippen molar-refractivity contribution in [2.45, 2.75) is 37.4 Å². The molecule has 2 aliphatic rings. The van der Waals surface area contributed by atoms with E-state index in [9.17, 15) is 4.79 Å². The Morgan fingerprint density at radius 3 is 3.00 bits per heavy atom. The van der Waals surface area contributed by atoms with Crippen LogP contribution in [0.25, 0.3) is 0 Å². The molecule has 0 aliphatic carbocycles. The number of nitrogens with one attached hydrogen (secondary N) is 2. The fraction of sp³-hybridized carbons (Fsp3) is 0.643. The largest absolute Gasteiger partial charge is 0.370 e. The van der Waals surface area contributed by atoms with Gasteiger partial charge in [0, 0.05) is 18.9 Å². The van der Waals surface area contributed by atoms with Gasteiger partial charge in [0.1, 0.15) is 5.69 Å². The molecule has 1 atom stereocenters. The van der Waals surface area contributed by atoms with Crippen LogP contribution in [0.5, 0.6) is 0 Å². The van der Waals surface area contributed by atoms with Gasteiger partial charge in [0.25, 0.3) is 5.91 Å². The molecule has 1 spiro atoms. The number of piperidine rings is 1. The Bertz CT molecular complexity index is 460. The number of hydrogen-bond donors (Lipinski definition) is 2. The molecular weight excluding hydrogens is 256 g/mol. The molecule has 6 nitrogen and oxygen atoms in total. The average molecular weight is 276 g/mol. The van der Waals surface area contributed by atoms with Crippen LogP contribution in [0.4, 0.5) is 0 Å². The van der Waals surface area contributed by atoms with E-state index < -0.39 is 0 Å². The van der Waals surface area contributed by atoms with Crippen LogP contribution < -0.4 is 10.6 Å². The maximum absolute atomic E-state index is 11.9. The highest BCUT2D eigenvalue weighted by Gasteiger charge is 2.40. The zero-order valence-corrected chi connectivity index (χ0v) is 11.5. The van der Waals surface area contributed by atoms with Crippen molar-refractivity contribution in [3.8, 4) is 0 Å². The van der Waals surface area contributed by atoms with Crippen LogP contribution in [0.3, 0.4) is 0 Å². The number of carbonyl (C=O) groups excluding carboxylic acids is 1. The van der Waals surface area contributed by atoms with Crippen LogP contribution in [0, 0.1) is 0 Å². The third-order valence-electron chi connectivity index (χ3n) is 4.14. The first-order valence-electron chi connectivity index (χ1n) is 7.20. The number of nitrogens with zero attached hydrogens (tertiary/aromatic N) is 2. The van der Waals surface area contributed by atoms with Crippen LogP contribution in [0.2, 0.25) is 0 Å². The number of rotatable bonds is 3. The van der Waals surface area contributed by atoms with Crippen molar-refractivity contribution in [1.29, 1.82) is 0 Å². The molecule has 1 aromatic heterocycles. The quantitative estimate of drug-likeness (QED) is 0.841. The van der Waals surface area contributed by atoms with Gasteiger partial charge in [0.15, 0.2) is 0 Å². The summed E-state index contributed by atoms with van der Waals surface area (Å²) in [6.07, 6.45) is 8.92. The molecule has 1 aromatic rings. The molecule has 108 valence electrons. The number of amides is 1. The standard InChI is InChI=1S/C14H20N4O2/c19-13(12-10-16-7-8-17-12)18-9-11-1-2-14(20-11)3-5-15-6-4-14/h7-8,10-11,15H,1-6,9H2,(H,18,19). The first-order valence-corrected chi connectivity index (χ1v) is 7.20. The van der Waals surface area contributed by atoms with E-state index in [-0.39, 0.29) is 17.6 Å². The number of ether oxygens (including phenoxy) is 1. The van der Waals surface area contributed by atoms with Gasteiger partial charge in [0.05, 0.1) is 17.9 Å². The summed E-state index contributed by atoms with van der Waals surface area (Å²) < 4.78 is 6.19. The Labute approximate surface area is 118 Å². The third kappa shape index (κ3) is 2.96. The summed E-state index contributed by atoms with van der Waals surface area (Å²) in [6.45, 7) is 2.60. The van der Waals surface area contributed by atoms with Crippen LogP contribution in [-0.2, 0) is 4.74 Å². The van der Waals surface area contributed by atoms with Crippen molar-refractivity contribution < 1.29 is 9.53 Å². The van der Waals surface area contributed by atoms with E-state index in [0.717, 1.165) is 38.8 Å². The van der Waals surface area contributed by atoms with Crippen LogP contribution in [0.15, 0.2) is 18.6 Å². The molecule has 2 N–H and O–H groups in total. The summed E-state index contributed by atoms with van der Waals surface area (Å²) in [5, 5.41) is 6.24. The van der Waals surface area contributed by atoms with Crippen molar-refractivity contribution in [1.82, 2.24) is 20.6 Å². The lowest BCUT2D eigenvalue weighted by Crippen LogP contribution is -2.43. The van der Waals surface area contributed by atoms with Gasteiger partial charge in [-0.1, -0.05) is 0 Å². The van der Waals surface area contributed by atoms with Gasteiger partial charge in [0.2, 0.25) is 0 Å². The van der Waals surface area contributed by atoms with Crippen molar-refractivity contribution in [2.75, 3.05) is 19.6 Å². The van der Waals surface area contributed by atoms with E-state index in [4.69, 9.17) is 4.74 Å². The lowest BCUT2D eigenvalue weighted by atomic mass is 9.89. The summed E-state index contributed by atoms with van der Waals surface area (Å²) in [5.41, 5.74) is 0.398. The molecule has 1 unspecified atom stereocenters. The van der Waals surface area contributed by atoms with E-state index in [1.807, 2.05) is 0 Å². The average Bonchev–Trinajstić information content (AvgIpc) is 2.89. The van der Waals surface area contributed by atoms with Gasteiger partial charge in [-0.15, -0.1) is 0 Å². The molecule has 0 aromatic carbocycles. The normalized spacial score (nSPS) is 24.7. The van der Waals surface area contributed by atoms with Gasteiger partial charge >= 0.3 is 0 Å². The van der Waals surface area contributed by atoms with Gasteiger partial charge in [-0.05, 0) is 38.8 Å². The lowest BCUT2D eigenvalue weighted by molar-refractivity contribution is -0.0576. The minimum absolute atomic E-state index is 0.0488. The second-order valence-corrected chi connectivity index (χ2v) is 5.51. The highest BCUT2D eigenvalue weighted by molar-refractivity contribution is 5.91. The molecule has 1 amide bonds. The highest BCUT2D eigenvalue weighted by Crippen LogP contribution is 2.36. The Hall–Kier alpha value is -1.53. The van der Waals surface area contributed by atoms with E-state index in [2.05, 4.69) is 20.6 Å². The first kappa shape index (κ1) is 13.5. The second kappa shape index (κ2) is 5.85. The Kier molecular flexibility index (Phi) is 3.93. The minimum Gasteiger partial charge on any atom is -0.370 e. The topological polar surface area (TPSA) is 76.1 Å². The fourth-order valence-corrected chi connectivity index (χ4v) is 3.00. The predicted octanol–water partition coefficient (Wildman–Crippen LogP) is 0.508. The van der Waals surface area contributed by atoms with Crippen LogP contribution >= 0.6 is 0 Å². The second-order valence-electron chi connectivity index (χ2n) is 5.51. The molecule has 2 aliphatic heterocycles. The van der Waals surface area contributed by atoms with Crippen LogP contribution in [0.1, 0.15) is 36.2 Å². The van der Waals surface area contributed by atoms with E-state index >= 15 is 0 Å². The predicted molar refractivity (Wildman–Crippen MR) is 73.3 cm³/mol. The first-order chi connectivity index (χ1) is 9.77. The monoisotopic (exact) mass is 276 g/mol. The molecule has 2 saturated heterocycles. The van der Waals surface area contributed by atoms with Gasteiger partial charge in [-0.2, -0.15) is 0 Å². The Morgan fingerprint density at radius 1 is 1.40 bits per heavy atom. The smallest absolute Gasteiger partial charge is 0.271 e. The molecule has 6 heteroatoms. The van der Waals surface area contributed by atoms with Crippen molar-refractivity contribution >= 4 is 5.91 Å². The summed E-state index contributed by atoms with van der Waals surface area (Å²) in [7, 11) is 0. The van der Waals surface area contributed by atoms with E-state index in [1.165, 1.54) is 12.4 Å². The minimum atomic E-state index is -0.187. The summed E-state index contributed by atoms with van der Waals surface area (Å²) in [6, 6.07) is 0. The lowest BCUT2D eigenvalue weighted by Gasteiger charge is -2.33. The summed E-state index contributed by atoms with van der Waals surface area (Å²) in [4.78, 5) is 19.8. The molecule has 0 saturated carbocycles. The molecule has 0 radical (unpaired) electrons. The molecule has 20 heavy (non-hydrogen) atoms. The SMILES string of the molecule is O=C(NCC1CCC2(CCNCC2)O1)c1cnccn1. The zero-order valence-electron chi connectivity index (χ0n) is 11.5. The van der Waals surface area contributed by atoms with Crippen molar-refractivity contribution in [3.63, 3.8) is 0 Å². The van der Waals surface area contributed by atoms with Gasteiger partial charge < -0.3 is 15.4 Å². The van der Waals surface area contributed by atoms with Crippen LogP contribution in [-0.4, -0.2) is 47.2 Å². The molecule has 3 rings (SSSR count). The summed E-state index contributed by atoms with van der Waals surface area (Å²) in [5.74, 6) is -0.187.